The fourth-order valence-corrected chi connectivity index (χ4v) is 5.42. The van der Waals surface area contributed by atoms with Crippen LogP contribution < -0.4 is 10.6 Å². The van der Waals surface area contributed by atoms with Crippen LogP contribution in [0.4, 0.5) is 11.4 Å². The van der Waals surface area contributed by atoms with E-state index in [1.807, 2.05) is 0 Å². The number of hydrogen-bond acceptors (Lipinski definition) is 6. The number of hydrogen-bond donors (Lipinski definition) is 2. The van der Waals surface area contributed by atoms with E-state index in [4.69, 9.17) is 0 Å². The summed E-state index contributed by atoms with van der Waals surface area (Å²) in [6.45, 7) is 0.458. The molecular formula is C18H26N4O5S. The van der Waals surface area contributed by atoms with Gasteiger partial charge in [-0.05, 0) is 37.8 Å². The van der Waals surface area contributed by atoms with E-state index < -0.39 is 14.9 Å². The molecule has 2 N–H and O–H groups in total. The fraction of sp³-hybridized carbons (Fsp3) is 0.611. The summed E-state index contributed by atoms with van der Waals surface area (Å²) < 4.78 is 27.1. The van der Waals surface area contributed by atoms with E-state index in [9.17, 15) is 23.3 Å². The average molecular weight is 410 g/mol. The first-order valence-corrected chi connectivity index (χ1v) is 11.0. The first-order chi connectivity index (χ1) is 13.3. The van der Waals surface area contributed by atoms with Crippen LogP contribution in [0.15, 0.2) is 23.1 Å². The van der Waals surface area contributed by atoms with Gasteiger partial charge in [0.05, 0.1) is 9.82 Å². The number of nitrogens with one attached hydrogen (secondary N) is 2. The quantitative estimate of drug-likeness (QED) is 0.547. The molecule has 9 nitrogen and oxygen atoms in total. The minimum absolute atomic E-state index is 0.0120. The molecular weight excluding hydrogens is 384 g/mol. The van der Waals surface area contributed by atoms with Crippen molar-refractivity contribution in [1.82, 2.24) is 9.62 Å². The lowest BCUT2D eigenvalue weighted by atomic mass is 9.97. The van der Waals surface area contributed by atoms with Gasteiger partial charge < -0.3 is 10.6 Å². The number of piperidine rings is 1. The molecule has 28 heavy (non-hydrogen) atoms. The Balaban J connectivity index is 1.66. The molecule has 2 fully saturated rings. The van der Waals surface area contributed by atoms with Crippen LogP contribution in [0.5, 0.6) is 0 Å². The molecule has 1 aromatic carbocycles. The van der Waals surface area contributed by atoms with Gasteiger partial charge >= 0.3 is 0 Å². The highest BCUT2D eigenvalue weighted by atomic mass is 32.2. The molecule has 3 rings (SSSR count). The molecule has 0 radical (unpaired) electrons. The number of carbonyl (C=O) groups excluding carboxylic acids is 1. The second-order valence-corrected chi connectivity index (χ2v) is 9.29. The van der Waals surface area contributed by atoms with E-state index in [-0.39, 0.29) is 47.2 Å². The second kappa shape index (κ2) is 8.44. The summed E-state index contributed by atoms with van der Waals surface area (Å²) in [7, 11) is -2.31. The fourth-order valence-electron chi connectivity index (χ4n) is 3.93. The lowest BCUT2D eigenvalue weighted by Gasteiger charge is -2.31. The molecule has 1 amide bonds. The monoisotopic (exact) mass is 410 g/mol. The van der Waals surface area contributed by atoms with E-state index in [1.165, 1.54) is 23.5 Å². The highest BCUT2D eigenvalue weighted by Crippen LogP contribution is 2.30. The number of carbonyl (C=O) groups is 1. The van der Waals surface area contributed by atoms with Crippen molar-refractivity contribution < 1.29 is 18.1 Å². The number of nitro benzene ring substituents is 1. The van der Waals surface area contributed by atoms with E-state index in [2.05, 4.69) is 10.6 Å². The van der Waals surface area contributed by atoms with Crippen molar-refractivity contribution in [3.63, 3.8) is 0 Å². The van der Waals surface area contributed by atoms with Gasteiger partial charge in [0.1, 0.15) is 5.69 Å². The molecule has 1 saturated carbocycles. The number of nitro groups is 1. The molecule has 1 aliphatic heterocycles. The van der Waals surface area contributed by atoms with Gasteiger partial charge in [0.15, 0.2) is 0 Å². The van der Waals surface area contributed by atoms with Crippen LogP contribution in [0.3, 0.4) is 0 Å². The summed E-state index contributed by atoms with van der Waals surface area (Å²) in [4.78, 5) is 22.9. The number of anilines is 1. The predicted molar refractivity (Wildman–Crippen MR) is 105 cm³/mol. The number of rotatable bonds is 6. The van der Waals surface area contributed by atoms with Gasteiger partial charge in [0.2, 0.25) is 15.9 Å². The topological polar surface area (TPSA) is 122 Å². The first kappa shape index (κ1) is 20.5. The van der Waals surface area contributed by atoms with Crippen molar-refractivity contribution in [3.8, 4) is 0 Å². The molecule has 2 aliphatic rings. The Morgan fingerprint density at radius 1 is 1.18 bits per heavy atom. The summed E-state index contributed by atoms with van der Waals surface area (Å²) in [5.41, 5.74) is -0.0272. The van der Waals surface area contributed by atoms with Gasteiger partial charge in [-0.25, -0.2) is 8.42 Å². The Morgan fingerprint density at radius 3 is 2.39 bits per heavy atom. The maximum absolute atomic E-state index is 12.9. The lowest BCUT2D eigenvalue weighted by molar-refractivity contribution is -0.384. The van der Waals surface area contributed by atoms with Gasteiger partial charge in [-0.3, -0.25) is 14.9 Å². The average Bonchev–Trinajstić information content (AvgIpc) is 3.20. The number of benzene rings is 1. The lowest BCUT2D eigenvalue weighted by Crippen LogP contribution is -2.44. The summed E-state index contributed by atoms with van der Waals surface area (Å²) in [5, 5.41) is 17.0. The molecule has 0 unspecified atom stereocenters. The largest absolute Gasteiger partial charge is 0.383 e. The summed E-state index contributed by atoms with van der Waals surface area (Å²) in [5.74, 6) is -0.175. The third-order valence-corrected chi connectivity index (χ3v) is 7.49. The molecule has 0 bridgehead atoms. The smallest absolute Gasteiger partial charge is 0.293 e. The number of sulfonamides is 1. The number of nitrogens with zero attached hydrogens (tertiary/aromatic N) is 2. The molecule has 0 atom stereocenters. The van der Waals surface area contributed by atoms with E-state index >= 15 is 0 Å². The van der Waals surface area contributed by atoms with Crippen molar-refractivity contribution in [3.05, 3.63) is 28.3 Å². The molecule has 1 saturated heterocycles. The zero-order valence-corrected chi connectivity index (χ0v) is 16.7. The van der Waals surface area contributed by atoms with Crippen LogP contribution in [0.1, 0.15) is 38.5 Å². The zero-order chi connectivity index (χ0) is 20.3. The van der Waals surface area contributed by atoms with Gasteiger partial charge in [-0.1, -0.05) is 12.8 Å². The molecule has 1 heterocycles. The molecule has 0 spiro atoms. The Morgan fingerprint density at radius 2 is 1.82 bits per heavy atom. The Kier molecular flexibility index (Phi) is 6.19. The van der Waals surface area contributed by atoms with Gasteiger partial charge in [0.25, 0.3) is 5.69 Å². The van der Waals surface area contributed by atoms with Gasteiger partial charge in [-0.2, -0.15) is 4.31 Å². The van der Waals surface area contributed by atoms with Crippen molar-refractivity contribution in [2.75, 3.05) is 25.5 Å². The van der Waals surface area contributed by atoms with Crippen molar-refractivity contribution in [1.29, 1.82) is 0 Å². The SMILES string of the molecule is CNc1ccc(S(=O)(=O)N2CCC(C(=O)NC3CCCC3)CC2)cc1[N+](=O)[O-]. The molecule has 1 aromatic rings. The standard InChI is InChI=1S/C18H26N4O5S/c1-19-16-7-6-15(12-17(16)22(24)25)28(26,27)21-10-8-13(9-11-21)18(23)20-14-4-2-3-5-14/h6-7,12-14,19H,2-5,8-11H2,1H3,(H,20,23). The van der Waals surface area contributed by atoms with E-state index in [1.54, 1.807) is 0 Å². The van der Waals surface area contributed by atoms with Crippen LogP contribution in [0.25, 0.3) is 0 Å². The van der Waals surface area contributed by atoms with Gasteiger partial charge in [-0.15, -0.1) is 0 Å². The normalized spacial score (nSPS) is 19.5. The Labute approximate surface area is 164 Å². The minimum Gasteiger partial charge on any atom is -0.383 e. The third kappa shape index (κ3) is 4.27. The summed E-state index contributed by atoms with van der Waals surface area (Å²) in [6, 6.07) is 4.10. The van der Waals surface area contributed by atoms with Crippen LogP contribution in [0, 0.1) is 16.0 Å². The van der Waals surface area contributed by atoms with Crippen LogP contribution in [0.2, 0.25) is 0 Å². The Bertz CT molecular complexity index is 844. The molecule has 154 valence electrons. The summed E-state index contributed by atoms with van der Waals surface area (Å²) >= 11 is 0. The maximum Gasteiger partial charge on any atom is 0.293 e. The zero-order valence-electron chi connectivity index (χ0n) is 15.9. The second-order valence-electron chi connectivity index (χ2n) is 7.35. The van der Waals surface area contributed by atoms with Crippen LogP contribution in [-0.4, -0.2) is 49.7 Å². The molecule has 10 heteroatoms. The van der Waals surface area contributed by atoms with Crippen LogP contribution >= 0.6 is 0 Å². The highest BCUT2D eigenvalue weighted by Gasteiger charge is 2.34. The predicted octanol–water partition coefficient (Wildman–Crippen LogP) is 2.10. The molecule has 1 aliphatic carbocycles. The maximum atomic E-state index is 12.9. The van der Waals surface area contributed by atoms with Crippen molar-refractivity contribution >= 4 is 27.3 Å². The first-order valence-electron chi connectivity index (χ1n) is 9.59. The number of amides is 1. The van der Waals surface area contributed by atoms with Crippen LogP contribution in [-0.2, 0) is 14.8 Å². The summed E-state index contributed by atoms with van der Waals surface area (Å²) in [6.07, 6.45) is 5.21. The minimum atomic E-state index is -3.85. The van der Waals surface area contributed by atoms with E-state index in [0.717, 1.165) is 31.7 Å². The Hall–Kier alpha value is -2.20. The van der Waals surface area contributed by atoms with Crippen molar-refractivity contribution in [2.45, 2.75) is 49.5 Å². The van der Waals surface area contributed by atoms with E-state index in [0.29, 0.717) is 12.8 Å². The van der Waals surface area contributed by atoms with Gasteiger partial charge in [0, 0.05) is 38.2 Å². The molecule has 0 aromatic heterocycles. The third-order valence-electron chi connectivity index (χ3n) is 5.60. The highest BCUT2D eigenvalue weighted by molar-refractivity contribution is 7.89. The van der Waals surface area contributed by atoms with Crippen molar-refractivity contribution in [2.24, 2.45) is 5.92 Å².